The topological polar surface area (TPSA) is 34.1 Å². The van der Waals surface area contributed by atoms with E-state index in [0.717, 1.165) is 0 Å². The third-order valence-electron chi connectivity index (χ3n) is 0.706. The summed E-state index contributed by atoms with van der Waals surface area (Å²) in [5.41, 5.74) is -5.84. The van der Waals surface area contributed by atoms with E-state index < -0.39 is 27.3 Å². The normalized spacial score (nSPS) is 14.8. The van der Waals surface area contributed by atoms with E-state index in [0.29, 0.717) is 0 Å². The second-order valence-electron chi connectivity index (χ2n) is 1.82. The summed E-state index contributed by atoms with van der Waals surface area (Å²) in [6, 6.07) is 0. The van der Waals surface area contributed by atoms with Gasteiger partial charge >= 0.3 is 11.7 Å². The predicted molar refractivity (Wildman–Crippen MR) is 25.9 cm³/mol. The van der Waals surface area contributed by atoms with Crippen LogP contribution in [0.1, 0.15) is 0 Å². The zero-order chi connectivity index (χ0) is 10.2. The van der Waals surface area contributed by atoms with Gasteiger partial charge in [-0.3, -0.25) is 0 Å². The maximum absolute atomic E-state index is 11.3. The second-order valence-corrected chi connectivity index (χ2v) is 3.80. The lowest BCUT2D eigenvalue weighted by Gasteiger charge is -2.09. The summed E-state index contributed by atoms with van der Waals surface area (Å²) in [6.45, 7) is 0. The number of halogens is 6. The molecule has 0 saturated carbocycles. The molecule has 0 rings (SSSR count). The first-order valence-electron chi connectivity index (χ1n) is 2.31. The van der Waals surface area contributed by atoms with Crippen LogP contribution in [0.2, 0.25) is 0 Å². The molecule has 0 N–H and O–H groups in total. The molecule has 0 atom stereocenters. The van der Waals surface area contributed by atoms with Crippen LogP contribution in [-0.2, 0) is 9.84 Å². The van der Waals surface area contributed by atoms with E-state index in [1.807, 2.05) is 0 Å². The van der Waals surface area contributed by atoms with Crippen molar-refractivity contribution in [2.75, 3.05) is 5.75 Å². The number of sulfone groups is 1. The lowest BCUT2D eigenvalue weighted by Crippen LogP contribution is -2.33. The molecule has 0 radical (unpaired) electrons. The molecule has 0 spiro atoms. The first-order valence-corrected chi connectivity index (χ1v) is 3.97. The lowest BCUT2D eigenvalue weighted by atomic mass is 10.8. The lowest BCUT2D eigenvalue weighted by molar-refractivity contribution is -0.111. The van der Waals surface area contributed by atoms with Crippen molar-refractivity contribution in [2.45, 2.75) is 11.7 Å². The SMILES string of the molecule is O=S(=O)(CC(F)(F)F)C(F)(F)F. The second kappa shape index (κ2) is 2.79. The van der Waals surface area contributed by atoms with Gasteiger partial charge in [0.2, 0.25) is 0 Å². The smallest absolute Gasteiger partial charge is 0.219 e. The molecule has 0 fully saturated rings. The molecule has 0 saturated heterocycles. The van der Waals surface area contributed by atoms with Crippen molar-refractivity contribution < 1.29 is 34.8 Å². The van der Waals surface area contributed by atoms with Crippen molar-refractivity contribution in [3.63, 3.8) is 0 Å². The number of hydrogen-bond acceptors (Lipinski definition) is 2. The molecule has 0 aliphatic carbocycles. The highest BCUT2D eigenvalue weighted by atomic mass is 32.2. The quantitative estimate of drug-likeness (QED) is 0.622. The Kier molecular flexibility index (Phi) is 2.68. The molecule has 0 aliphatic heterocycles. The summed E-state index contributed by atoms with van der Waals surface area (Å²) in [4.78, 5) is 0. The van der Waals surface area contributed by atoms with Crippen molar-refractivity contribution in [1.82, 2.24) is 0 Å². The highest BCUT2D eigenvalue weighted by molar-refractivity contribution is 7.92. The highest BCUT2D eigenvalue weighted by Crippen LogP contribution is 2.29. The van der Waals surface area contributed by atoms with Crippen LogP contribution >= 0.6 is 0 Å². The average Bonchev–Trinajstić information content (AvgIpc) is 1.52. The van der Waals surface area contributed by atoms with Gasteiger partial charge in [-0.05, 0) is 0 Å². The molecular formula is C3H2F6O2S. The summed E-state index contributed by atoms with van der Waals surface area (Å²) in [5, 5.41) is 0. The standard InChI is InChI=1S/C3H2F6O2S/c4-2(5,6)1-12(10,11)3(7,8)9/h1H2. The van der Waals surface area contributed by atoms with Crippen LogP contribution in [0, 0.1) is 0 Å². The molecule has 12 heavy (non-hydrogen) atoms. The average molecular weight is 216 g/mol. The summed E-state index contributed by atoms with van der Waals surface area (Å²) in [6.07, 6.45) is -5.37. The predicted octanol–water partition coefficient (Wildman–Crippen LogP) is 1.48. The van der Waals surface area contributed by atoms with Gasteiger partial charge in [0, 0.05) is 0 Å². The molecule has 0 bridgehead atoms. The minimum Gasteiger partial charge on any atom is -0.219 e. The minimum absolute atomic E-state index is 2.87. The van der Waals surface area contributed by atoms with Crippen molar-refractivity contribution in [2.24, 2.45) is 0 Å². The highest BCUT2D eigenvalue weighted by Gasteiger charge is 2.51. The Morgan fingerprint density at radius 3 is 1.33 bits per heavy atom. The van der Waals surface area contributed by atoms with Gasteiger partial charge in [-0.2, -0.15) is 26.3 Å². The van der Waals surface area contributed by atoms with Crippen molar-refractivity contribution >= 4 is 9.84 Å². The van der Waals surface area contributed by atoms with E-state index in [1.54, 1.807) is 0 Å². The van der Waals surface area contributed by atoms with Crippen LogP contribution in [0.5, 0.6) is 0 Å². The molecule has 0 aromatic heterocycles. The monoisotopic (exact) mass is 216 g/mol. The van der Waals surface area contributed by atoms with Crippen LogP contribution in [0.15, 0.2) is 0 Å². The van der Waals surface area contributed by atoms with E-state index in [2.05, 4.69) is 0 Å². The molecule has 0 amide bonds. The molecular weight excluding hydrogens is 214 g/mol. The van der Waals surface area contributed by atoms with E-state index >= 15 is 0 Å². The molecule has 0 aliphatic rings. The molecule has 0 unspecified atom stereocenters. The van der Waals surface area contributed by atoms with Crippen molar-refractivity contribution in [1.29, 1.82) is 0 Å². The molecule has 9 heteroatoms. The Morgan fingerprint density at radius 1 is 0.917 bits per heavy atom. The maximum Gasteiger partial charge on any atom is 0.497 e. The zero-order valence-corrected chi connectivity index (χ0v) is 6.02. The fourth-order valence-corrected chi connectivity index (χ4v) is 0.892. The van der Waals surface area contributed by atoms with Crippen LogP contribution in [0.3, 0.4) is 0 Å². The Morgan fingerprint density at radius 2 is 1.25 bits per heavy atom. The van der Waals surface area contributed by atoms with Crippen molar-refractivity contribution in [3.8, 4) is 0 Å². The number of alkyl halides is 6. The molecule has 0 aromatic rings. The van der Waals surface area contributed by atoms with Crippen LogP contribution in [0.25, 0.3) is 0 Å². The molecule has 0 aromatic carbocycles. The minimum atomic E-state index is -6.08. The summed E-state index contributed by atoms with van der Waals surface area (Å²) >= 11 is 0. The van der Waals surface area contributed by atoms with Gasteiger partial charge in [0.25, 0.3) is 9.84 Å². The van der Waals surface area contributed by atoms with Crippen molar-refractivity contribution in [3.05, 3.63) is 0 Å². The Labute approximate surface area is 63.1 Å². The van der Waals surface area contributed by atoms with Gasteiger partial charge in [0.15, 0.2) is 5.75 Å². The summed E-state index contributed by atoms with van der Waals surface area (Å²) in [5.74, 6) is -2.87. The number of rotatable bonds is 1. The first-order chi connectivity index (χ1) is 4.96. The first kappa shape index (κ1) is 11.5. The largest absolute Gasteiger partial charge is 0.497 e. The Hall–Kier alpha value is -0.470. The zero-order valence-electron chi connectivity index (χ0n) is 5.20. The molecule has 2 nitrogen and oxygen atoms in total. The molecule has 0 heterocycles. The van der Waals surface area contributed by atoms with E-state index in [1.165, 1.54) is 0 Å². The van der Waals surface area contributed by atoms with Gasteiger partial charge < -0.3 is 0 Å². The summed E-state index contributed by atoms with van der Waals surface area (Å²) in [7, 11) is -6.08. The van der Waals surface area contributed by atoms with E-state index in [9.17, 15) is 34.8 Å². The van der Waals surface area contributed by atoms with Crippen LogP contribution in [-0.4, -0.2) is 25.9 Å². The fourth-order valence-electron chi connectivity index (χ4n) is 0.297. The van der Waals surface area contributed by atoms with E-state index in [4.69, 9.17) is 0 Å². The van der Waals surface area contributed by atoms with Gasteiger partial charge in [-0.1, -0.05) is 0 Å². The summed E-state index contributed by atoms with van der Waals surface area (Å²) < 4.78 is 87.1. The fraction of sp³-hybridized carbons (Fsp3) is 1.00. The third kappa shape index (κ3) is 3.28. The maximum atomic E-state index is 11.3. The van der Waals surface area contributed by atoms with E-state index in [-0.39, 0.29) is 0 Å². The molecule has 74 valence electrons. The van der Waals surface area contributed by atoms with Gasteiger partial charge in [-0.15, -0.1) is 0 Å². The Balaban J connectivity index is 4.70. The van der Waals surface area contributed by atoms with Crippen LogP contribution < -0.4 is 0 Å². The van der Waals surface area contributed by atoms with Gasteiger partial charge in [0.1, 0.15) is 0 Å². The number of hydrogen-bond donors (Lipinski definition) is 0. The Bertz CT molecular complexity index is 245. The van der Waals surface area contributed by atoms with Crippen LogP contribution in [0.4, 0.5) is 26.3 Å². The van der Waals surface area contributed by atoms with Gasteiger partial charge in [0.05, 0.1) is 0 Å². The third-order valence-corrected chi connectivity index (χ3v) is 2.12. The van der Waals surface area contributed by atoms with Gasteiger partial charge in [-0.25, -0.2) is 8.42 Å².